The summed E-state index contributed by atoms with van der Waals surface area (Å²) in [6.07, 6.45) is 0.618. The number of anilines is 2. The molecule has 0 atom stereocenters. The number of amides is 3. The number of hydrogen-bond acceptors (Lipinski definition) is 3. The van der Waals surface area contributed by atoms with Crippen molar-refractivity contribution in [3.63, 3.8) is 0 Å². The van der Waals surface area contributed by atoms with Gasteiger partial charge in [0.05, 0.1) is 22.5 Å². The van der Waals surface area contributed by atoms with Crippen LogP contribution >= 0.6 is 0 Å². The van der Waals surface area contributed by atoms with Crippen molar-refractivity contribution in [3.8, 4) is 0 Å². The number of imide groups is 1. The van der Waals surface area contributed by atoms with Crippen LogP contribution in [-0.4, -0.2) is 17.7 Å². The molecular weight excluding hydrogens is 299 g/mol. The van der Waals surface area contributed by atoms with Crippen LogP contribution in [-0.2, 0) is 11.2 Å². The highest BCUT2D eigenvalue weighted by molar-refractivity contribution is 6.35. The Balaban J connectivity index is 1.90. The van der Waals surface area contributed by atoms with Crippen molar-refractivity contribution in [2.45, 2.75) is 12.8 Å². The number of halogens is 1. The van der Waals surface area contributed by atoms with Crippen molar-refractivity contribution in [1.29, 1.82) is 0 Å². The summed E-state index contributed by atoms with van der Waals surface area (Å²) in [5.74, 6) is -1.80. The van der Waals surface area contributed by atoms with Crippen LogP contribution in [0.15, 0.2) is 36.4 Å². The maximum Gasteiger partial charge on any atom is 0.266 e. The molecule has 0 radical (unpaired) electrons. The van der Waals surface area contributed by atoms with Gasteiger partial charge in [-0.1, -0.05) is 12.1 Å². The molecule has 0 bridgehead atoms. The highest BCUT2D eigenvalue weighted by Crippen LogP contribution is 2.38. The van der Waals surface area contributed by atoms with Crippen molar-refractivity contribution in [1.82, 2.24) is 0 Å². The molecule has 0 aromatic heterocycles. The fourth-order valence-electron chi connectivity index (χ4n) is 3.02. The molecule has 0 saturated heterocycles. The van der Waals surface area contributed by atoms with Gasteiger partial charge in [0, 0.05) is 12.5 Å². The van der Waals surface area contributed by atoms with Crippen LogP contribution in [0.4, 0.5) is 15.8 Å². The van der Waals surface area contributed by atoms with Gasteiger partial charge in [0.15, 0.2) is 0 Å². The minimum absolute atomic E-state index is 0.0826. The Morgan fingerprint density at radius 2 is 1.61 bits per heavy atom. The quantitative estimate of drug-likeness (QED) is 0.823. The highest BCUT2D eigenvalue weighted by atomic mass is 19.1. The number of rotatable bonds is 1. The lowest BCUT2D eigenvalue weighted by atomic mass is 10.0. The Bertz CT molecular complexity index is 856. The third-order valence-corrected chi connectivity index (χ3v) is 4.08. The van der Waals surface area contributed by atoms with Crippen LogP contribution in [0, 0.1) is 5.82 Å². The van der Waals surface area contributed by atoms with Crippen LogP contribution in [0.25, 0.3) is 0 Å². The average molecular weight is 310 g/mol. The van der Waals surface area contributed by atoms with Gasteiger partial charge < -0.3 is 5.32 Å². The summed E-state index contributed by atoms with van der Waals surface area (Å²) in [5.41, 5.74) is 1.54. The van der Waals surface area contributed by atoms with Crippen molar-refractivity contribution < 1.29 is 18.8 Å². The molecule has 114 valence electrons. The summed E-state index contributed by atoms with van der Waals surface area (Å²) in [5, 5.41) is 2.65. The van der Waals surface area contributed by atoms with Gasteiger partial charge in [-0.15, -0.1) is 0 Å². The van der Waals surface area contributed by atoms with E-state index < -0.39 is 17.6 Å². The highest BCUT2D eigenvalue weighted by Gasteiger charge is 2.38. The van der Waals surface area contributed by atoms with Gasteiger partial charge in [0.25, 0.3) is 11.8 Å². The summed E-state index contributed by atoms with van der Waals surface area (Å²) in [7, 11) is 0. The smallest absolute Gasteiger partial charge is 0.266 e. The number of benzene rings is 2. The molecule has 2 aliphatic heterocycles. The second-order valence-corrected chi connectivity index (χ2v) is 5.50. The number of aryl methyl sites for hydroxylation is 1. The van der Waals surface area contributed by atoms with E-state index in [9.17, 15) is 18.8 Å². The van der Waals surface area contributed by atoms with E-state index >= 15 is 0 Å². The van der Waals surface area contributed by atoms with Crippen LogP contribution < -0.4 is 10.2 Å². The predicted molar refractivity (Wildman–Crippen MR) is 80.9 cm³/mol. The SMILES string of the molecule is O=C1CCc2cc(F)cc(N3C(=O)c4ccccc4C3=O)c2N1. The van der Waals surface area contributed by atoms with Crippen LogP contribution in [0.2, 0.25) is 0 Å². The molecule has 6 heteroatoms. The zero-order valence-corrected chi connectivity index (χ0v) is 11.9. The molecule has 2 aromatic carbocycles. The third kappa shape index (κ3) is 1.95. The Kier molecular flexibility index (Phi) is 2.81. The second-order valence-electron chi connectivity index (χ2n) is 5.50. The Morgan fingerprint density at radius 3 is 2.26 bits per heavy atom. The summed E-state index contributed by atoms with van der Waals surface area (Å²) in [6, 6.07) is 8.86. The van der Waals surface area contributed by atoms with Crippen molar-refractivity contribution >= 4 is 29.1 Å². The minimum atomic E-state index is -0.550. The molecule has 0 saturated carbocycles. The van der Waals surface area contributed by atoms with Gasteiger partial charge >= 0.3 is 0 Å². The average Bonchev–Trinajstić information content (AvgIpc) is 2.79. The van der Waals surface area contributed by atoms with E-state index in [1.807, 2.05) is 0 Å². The number of fused-ring (bicyclic) bond motifs is 2. The lowest BCUT2D eigenvalue weighted by molar-refractivity contribution is -0.116. The summed E-state index contributed by atoms with van der Waals surface area (Å²) < 4.78 is 13.9. The molecule has 4 rings (SSSR count). The van der Waals surface area contributed by atoms with Crippen molar-refractivity contribution in [2.75, 3.05) is 10.2 Å². The van der Waals surface area contributed by atoms with Gasteiger partial charge in [0.1, 0.15) is 5.82 Å². The minimum Gasteiger partial charge on any atom is -0.324 e. The van der Waals surface area contributed by atoms with Crippen LogP contribution in [0.1, 0.15) is 32.7 Å². The monoisotopic (exact) mass is 310 g/mol. The topological polar surface area (TPSA) is 66.5 Å². The molecule has 0 unspecified atom stereocenters. The van der Waals surface area contributed by atoms with E-state index in [2.05, 4.69) is 5.32 Å². The molecule has 1 N–H and O–H groups in total. The van der Waals surface area contributed by atoms with E-state index in [0.29, 0.717) is 17.7 Å². The number of nitrogens with one attached hydrogen (secondary N) is 1. The molecule has 5 nitrogen and oxygen atoms in total. The molecule has 0 aliphatic carbocycles. The second kappa shape index (κ2) is 4.74. The first kappa shape index (κ1) is 13.6. The number of nitrogens with zero attached hydrogens (tertiary/aromatic N) is 1. The first-order chi connectivity index (χ1) is 11.1. The van der Waals surface area contributed by atoms with E-state index in [-0.39, 0.29) is 29.1 Å². The lowest BCUT2D eigenvalue weighted by Gasteiger charge is -2.24. The van der Waals surface area contributed by atoms with Crippen LogP contribution in [0.3, 0.4) is 0 Å². The zero-order valence-electron chi connectivity index (χ0n) is 11.9. The summed E-state index contributed by atoms with van der Waals surface area (Å²) in [6.45, 7) is 0. The molecule has 3 amide bonds. The molecule has 2 heterocycles. The molecule has 2 aromatic rings. The third-order valence-electron chi connectivity index (χ3n) is 4.08. The van der Waals surface area contributed by atoms with Gasteiger partial charge in [-0.05, 0) is 30.2 Å². The fourth-order valence-corrected chi connectivity index (χ4v) is 3.02. The summed E-state index contributed by atoms with van der Waals surface area (Å²) in [4.78, 5) is 37.7. The predicted octanol–water partition coefficient (Wildman–Crippen LogP) is 2.51. The van der Waals surface area contributed by atoms with Crippen molar-refractivity contribution in [3.05, 3.63) is 58.9 Å². The normalized spacial score (nSPS) is 16.2. The largest absolute Gasteiger partial charge is 0.324 e. The first-order valence-corrected chi connectivity index (χ1v) is 7.16. The number of hydrogen-bond donors (Lipinski definition) is 1. The maximum absolute atomic E-state index is 13.9. The Morgan fingerprint density at radius 1 is 0.957 bits per heavy atom. The molecule has 2 aliphatic rings. The van der Waals surface area contributed by atoms with Crippen LogP contribution in [0.5, 0.6) is 0 Å². The van der Waals surface area contributed by atoms with Crippen molar-refractivity contribution in [2.24, 2.45) is 0 Å². The first-order valence-electron chi connectivity index (χ1n) is 7.16. The van der Waals surface area contributed by atoms with E-state index in [1.165, 1.54) is 6.07 Å². The van der Waals surface area contributed by atoms with E-state index in [0.717, 1.165) is 11.0 Å². The molecule has 23 heavy (non-hydrogen) atoms. The Hall–Kier alpha value is -3.02. The van der Waals surface area contributed by atoms with Gasteiger partial charge in [-0.2, -0.15) is 0 Å². The Labute approximate surface area is 130 Å². The maximum atomic E-state index is 13.9. The molecule has 0 fully saturated rings. The molecule has 0 spiro atoms. The summed E-state index contributed by atoms with van der Waals surface area (Å²) >= 11 is 0. The van der Waals surface area contributed by atoms with E-state index in [4.69, 9.17) is 0 Å². The van der Waals surface area contributed by atoms with Gasteiger partial charge in [0.2, 0.25) is 5.91 Å². The van der Waals surface area contributed by atoms with Gasteiger partial charge in [-0.3, -0.25) is 14.4 Å². The standard InChI is InChI=1S/C17H11FN2O3/c18-10-7-9-5-6-14(21)19-15(9)13(8-10)20-16(22)11-3-1-2-4-12(11)17(20)23/h1-4,7-8H,5-6H2,(H,19,21). The van der Waals surface area contributed by atoms with E-state index in [1.54, 1.807) is 24.3 Å². The zero-order chi connectivity index (χ0) is 16.1. The lowest BCUT2D eigenvalue weighted by Crippen LogP contribution is -2.32. The fraction of sp³-hybridized carbons (Fsp3) is 0.118. The number of carbonyl (C=O) groups excluding carboxylic acids is 3. The number of carbonyl (C=O) groups is 3. The molecular formula is C17H11FN2O3. The van der Waals surface area contributed by atoms with Gasteiger partial charge in [-0.25, -0.2) is 9.29 Å².